The summed E-state index contributed by atoms with van der Waals surface area (Å²) in [4.78, 5) is 21.9. The second-order valence-electron chi connectivity index (χ2n) is 4.33. The summed E-state index contributed by atoms with van der Waals surface area (Å²) in [5, 5.41) is 11.5. The third-order valence-electron chi connectivity index (χ3n) is 3.23. The molecule has 0 heterocycles. The number of hydrogen-bond acceptors (Lipinski definition) is 2. The Morgan fingerprint density at radius 3 is 2.43 bits per heavy atom. The fourth-order valence-electron chi connectivity index (χ4n) is 1.83. The molecule has 0 aliphatic heterocycles. The maximum atomic E-state index is 11.4. The van der Waals surface area contributed by atoms with Crippen LogP contribution in [0.4, 0.5) is 0 Å². The van der Waals surface area contributed by atoms with Gasteiger partial charge in [-0.05, 0) is 25.2 Å². The van der Waals surface area contributed by atoms with Gasteiger partial charge in [0.05, 0.1) is 11.8 Å². The first-order chi connectivity index (χ1) is 6.68. The topological polar surface area (TPSA) is 66.4 Å². The lowest BCUT2D eigenvalue weighted by molar-refractivity contribution is -0.140. The number of rotatable bonds is 4. The van der Waals surface area contributed by atoms with Crippen molar-refractivity contribution in [3.8, 4) is 0 Å². The molecule has 2 aliphatic carbocycles. The van der Waals surface area contributed by atoms with E-state index in [9.17, 15) is 9.59 Å². The third kappa shape index (κ3) is 1.89. The van der Waals surface area contributed by atoms with Crippen LogP contribution < -0.4 is 5.32 Å². The number of aliphatic carboxylic acids is 1. The van der Waals surface area contributed by atoms with Gasteiger partial charge in [-0.3, -0.25) is 9.59 Å². The molecule has 0 saturated heterocycles. The van der Waals surface area contributed by atoms with E-state index in [0.29, 0.717) is 12.3 Å². The van der Waals surface area contributed by atoms with E-state index in [1.807, 2.05) is 0 Å². The Hall–Kier alpha value is -1.06. The Balaban J connectivity index is 1.66. The highest BCUT2D eigenvalue weighted by Crippen LogP contribution is 2.38. The largest absolute Gasteiger partial charge is 0.481 e. The van der Waals surface area contributed by atoms with Crippen molar-refractivity contribution < 1.29 is 14.7 Å². The summed E-state index contributed by atoms with van der Waals surface area (Å²) >= 11 is 0. The molecule has 0 aromatic carbocycles. The van der Waals surface area contributed by atoms with Crippen LogP contribution in [0.2, 0.25) is 0 Å². The fraction of sp³-hybridized carbons (Fsp3) is 0.800. The molecular formula is C10H15NO3. The van der Waals surface area contributed by atoms with Crippen LogP contribution in [0.1, 0.15) is 25.7 Å². The van der Waals surface area contributed by atoms with Gasteiger partial charge in [-0.25, -0.2) is 0 Å². The van der Waals surface area contributed by atoms with Crippen molar-refractivity contribution in [2.75, 3.05) is 6.54 Å². The number of hydrogen-bond donors (Lipinski definition) is 2. The summed E-state index contributed by atoms with van der Waals surface area (Å²) in [5.74, 6) is -0.942. The molecule has 4 nitrogen and oxygen atoms in total. The Morgan fingerprint density at radius 1 is 1.29 bits per heavy atom. The highest BCUT2D eigenvalue weighted by atomic mass is 16.4. The molecule has 4 heteroatoms. The number of amides is 1. The predicted octanol–water partition coefficient (Wildman–Crippen LogP) is 0.623. The molecule has 78 valence electrons. The van der Waals surface area contributed by atoms with Crippen molar-refractivity contribution in [2.24, 2.45) is 17.8 Å². The van der Waals surface area contributed by atoms with E-state index < -0.39 is 11.9 Å². The standard InChI is InChI=1S/C10H15NO3/c12-9(7-4-8(7)10(13)14)11-5-6-2-1-3-6/h6-8H,1-5H2,(H,11,12)(H,13,14)/t7-,8+/m1/s1. The summed E-state index contributed by atoms with van der Waals surface area (Å²) in [5.41, 5.74) is 0. The first-order valence-corrected chi connectivity index (χ1v) is 5.19. The summed E-state index contributed by atoms with van der Waals surface area (Å²) in [7, 11) is 0. The van der Waals surface area contributed by atoms with Gasteiger partial charge in [0.2, 0.25) is 5.91 Å². The Labute approximate surface area is 82.7 Å². The van der Waals surface area contributed by atoms with Crippen molar-refractivity contribution in [3.05, 3.63) is 0 Å². The Bertz CT molecular complexity index is 260. The van der Waals surface area contributed by atoms with E-state index in [-0.39, 0.29) is 11.8 Å². The van der Waals surface area contributed by atoms with Gasteiger partial charge in [0.15, 0.2) is 0 Å². The van der Waals surface area contributed by atoms with Crippen LogP contribution in [0, 0.1) is 17.8 Å². The third-order valence-corrected chi connectivity index (χ3v) is 3.23. The van der Waals surface area contributed by atoms with E-state index in [2.05, 4.69) is 5.32 Å². The summed E-state index contributed by atoms with van der Waals surface area (Å²) in [6, 6.07) is 0. The molecule has 0 unspecified atom stereocenters. The second kappa shape index (κ2) is 3.59. The fourth-order valence-corrected chi connectivity index (χ4v) is 1.83. The van der Waals surface area contributed by atoms with Gasteiger partial charge in [-0.15, -0.1) is 0 Å². The highest BCUT2D eigenvalue weighted by molar-refractivity contribution is 5.89. The molecule has 2 N–H and O–H groups in total. The molecule has 0 radical (unpaired) electrons. The number of carboxylic acids is 1. The SMILES string of the molecule is O=C(O)[C@H]1C[C@H]1C(=O)NCC1CCC1. The molecule has 2 fully saturated rings. The van der Waals surface area contributed by atoms with Crippen LogP contribution in [0.25, 0.3) is 0 Å². The van der Waals surface area contributed by atoms with Gasteiger partial charge in [-0.2, -0.15) is 0 Å². The quantitative estimate of drug-likeness (QED) is 0.694. The summed E-state index contributed by atoms with van der Waals surface area (Å²) in [6.07, 6.45) is 4.19. The zero-order chi connectivity index (χ0) is 10.1. The van der Waals surface area contributed by atoms with Crippen LogP contribution >= 0.6 is 0 Å². The van der Waals surface area contributed by atoms with Gasteiger partial charge < -0.3 is 10.4 Å². The molecule has 14 heavy (non-hydrogen) atoms. The lowest BCUT2D eigenvalue weighted by Crippen LogP contribution is -2.33. The number of carboxylic acid groups (broad SMARTS) is 1. The van der Waals surface area contributed by atoms with Crippen molar-refractivity contribution in [3.63, 3.8) is 0 Å². The molecule has 2 rings (SSSR count). The maximum Gasteiger partial charge on any atom is 0.307 e. The van der Waals surface area contributed by atoms with Gasteiger partial charge in [0.1, 0.15) is 0 Å². The number of nitrogens with one attached hydrogen (secondary N) is 1. The van der Waals surface area contributed by atoms with Gasteiger partial charge >= 0.3 is 5.97 Å². The van der Waals surface area contributed by atoms with Gasteiger partial charge in [-0.1, -0.05) is 6.42 Å². The van der Waals surface area contributed by atoms with Crippen molar-refractivity contribution in [2.45, 2.75) is 25.7 Å². The van der Waals surface area contributed by atoms with E-state index in [0.717, 1.165) is 6.54 Å². The molecule has 0 spiro atoms. The lowest BCUT2D eigenvalue weighted by atomic mass is 9.85. The van der Waals surface area contributed by atoms with Crippen LogP contribution in [0.5, 0.6) is 0 Å². The lowest BCUT2D eigenvalue weighted by Gasteiger charge is -2.25. The van der Waals surface area contributed by atoms with Crippen molar-refractivity contribution in [1.82, 2.24) is 5.32 Å². The maximum absolute atomic E-state index is 11.4. The molecule has 2 atom stereocenters. The monoisotopic (exact) mass is 197 g/mol. The Kier molecular flexibility index (Phi) is 2.44. The number of carbonyl (C=O) groups is 2. The average Bonchev–Trinajstić information content (AvgIpc) is 2.79. The first kappa shape index (κ1) is 9.49. The Morgan fingerprint density at radius 2 is 2.00 bits per heavy atom. The highest BCUT2D eigenvalue weighted by Gasteiger charge is 2.48. The van der Waals surface area contributed by atoms with Crippen LogP contribution in [-0.4, -0.2) is 23.5 Å². The summed E-state index contributed by atoms with van der Waals surface area (Å²) < 4.78 is 0. The minimum atomic E-state index is -0.839. The van der Waals surface area contributed by atoms with Crippen molar-refractivity contribution in [1.29, 1.82) is 0 Å². The molecule has 1 amide bonds. The number of carbonyl (C=O) groups excluding carboxylic acids is 1. The van der Waals surface area contributed by atoms with E-state index in [1.54, 1.807) is 0 Å². The van der Waals surface area contributed by atoms with E-state index in [1.165, 1.54) is 19.3 Å². The molecular weight excluding hydrogens is 182 g/mol. The smallest absolute Gasteiger partial charge is 0.307 e. The molecule has 0 aromatic rings. The van der Waals surface area contributed by atoms with Crippen LogP contribution in [-0.2, 0) is 9.59 Å². The minimum Gasteiger partial charge on any atom is -0.481 e. The second-order valence-corrected chi connectivity index (χ2v) is 4.33. The molecule has 0 aromatic heterocycles. The first-order valence-electron chi connectivity index (χ1n) is 5.19. The minimum absolute atomic E-state index is 0.0655. The molecule has 2 aliphatic rings. The zero-order valence-electron chi connectivity index (χ0n) is 8.03. The van der Waals surface area contributed by atoms with Crippen molar-refractivity contribution >= 4 is 11.9 Å². The molecule has 2 saturated carbocycles. The predicted molar refractivity (Wildman–Crippen MR) is 49.6 cm³/mol. The normalized spacial score (nSPS) is 30.6. The van der Waals surface area contributed by atoms with E-state index in [4.69, 9.17) is 5.11 Å². The van der Waals surface area contributed by atoms with Gasteiger partial charge in [0, 0.05) is 6.54 Å². The van der Waals surface area contributed by atoms with E-state index >= 15 is 0 Å². The average molecular weight is 197 g/mol. The zero-order valence-corrected chi connectivity index (χ0v) is 8.03. The van der Waals surface area contributed by atoms with Gasteiger partial charge in [0.25, 0.3) is 0 Å². The molecule has 0 bridgehead atoms. The van der Waals surface area contributed by atoms with Crippen LogP contribution in [0.3, 0.4) is 0 Å². The summed E-state index contributed by atoms with van der Waals surface area (Å²) in [6.45, 7) is 0.738. The van der Waals surface area contributed by atoms with Crippen LogP contribution in [0.15, 0.2) is 0 Å².